The number of nitrogens with one attached hydrogen (secondary N) is 2. The van der Waals surface area contributed by atoms with Crippen molar-refractivity contribution in [3.8, 4) is 5.75 Å². The molecule has 2 heterocycles. The molecular formula is C19H20N2O3. The van der Waals surface area contributed by atoms with Crippen molar-refractivity contribution in [2.24, 2.45) is 0 Å². The molecule has 2 aromatic rings. The average Bonchev–Trinajstić information content (AvgIpc) is 3.23. The Kier molecular flexibility index (Phi) is 4.09. The molecule has 2 N–H and O–H groups in total. The minimum atomic E-state index is -0.184. The maximum absolute atomic E-state index is 12.4. The van der Waals surface area contributed by atoms with Crippen LogP contribution in [0.25, 0.3) is 0 Å². The van der Waals surface area contributed by atoms with Crippen LogP contribution in [-0.4, -0.2) is 25.3 Å². The fourth-order valence-electron chi connectivity index (χ4n) is 3.36. The van der Waals surface area contributed by atoms with E-state index in [1.54, 1.807) is 0 Å². The van der Waals surface area contributed by atoms with Gasteiger partial charge in [0.05, 0.1) is 12.1 Å². The van der Waals surface area contributed by atoms with Gasteiger partial charge in [0.15, 0.2) is 0 Å². The topological polar surface area (TPSA) is 59.6 Å². The first-order valence-electron chi connectivity index (χ1n) is 8.26. The van der Waals surface area contributed by atoms with Crippen LogP contribution in [0.2, 0.25) is 0 Å². The lowest BCUT2D eigenvalue weighted by molar-refractivity contribution is 0.0997. The summed E-state index contributed by atoms with van der Waals surface area (Å²) in [5.74, 6) is 0.842. The molecule has 5 heteroatoms. The minimum Gasteiger partial charge on any atom is -0.491 e. The molecule has 0 saturated carbocycles. The lowest BCUT2D eigenvalue weighted by atomic mass is 10.0. The van der Waals surface area contributed by atoms with Crippen LogP contribution in [0.1, 0.15) is 29.7 Å². The van der Waals surface area contributed by atoms with Gasteiger partial charge in [0.25, 0.3) is 0 Å². The molecule has 0 aliphatic carbocycles. The minimum absolute atomic E-state index is 0.0232. The number of fused-ring (bicyclic) bond motifs is 1. The summed E-state index contributed by atoms with van der Waals surface area (Å²) in [7, 11) is 0. The Morgan fingerprint density at radius 3 is 2.67 bits per heavy atom. The van der Waals surface area contributed by atoms with Crippen LogP contribution in [0, 0.1) is 0 Å². The van der Waals surface area contributed by atoms with Crippen LogP contribution in [-0.2, 0) is 4.74 Å². The molecule has 0 bridgehead atoms. The molecule has 1 saturated heterocycles. The zero-order chi connectivity index (χ0) is 16.4. The second-order valence-electron chi connectivity index (χ2n) is 6.12. The van der Waals surface area contributed by atoms with Gasteiger partial charge in [-0.25, -0.2) is 4.79 Å². The number of urea groups is 1. The Labute approximate surface area is 141 Å². The fraction of sp³-hybridized carbons (Fsp3) is 0.316. The van der Waals surface area contributed by atoms with Gasteiger partial charge in [-0.1, -0.05) is 48.5 Å². The maximum Gasteiger partial charge on any atom is 0.315 e. The number of hydrogen-bond acceptors (Lipinski definition) is 3. The highest BCUT2D eigenvalue weighted by molar-refractivity contribution is 5.75. The molecule has 2 aliphatic heterocycles. The number of carbonyl (C=O) groups is 1. The van der Waals surface area contributed by atoms with Crippen LogP contribution in [0.4, 0.5) is 4.79 Å². The van der Waals surface area contributed by atoms with Gasteiger partial charge in [-0.05, 0) is 18.1 Å². The van der Waals surface area contributed by atoms with E-state index in [-0.39, 0.29) is 24.2 Å². The summed E-state index contributed by atoms with van der Waals surface area (Å²) in [6, 6.07) is 17.5. The molecule has 2 aliphatic rings. The molecule has 2 aromatic carbocycles. The quantitative estimate of drug-likeness (QED) is 0.912. The summed E-state index contributed by atoms with van der Waals surface area (Å²) in [6.07, 6.45) is 0.717. The molecular weight excluding hydrogens is 304 g/mol. The molecule has 1 fully saturated rings. The van der Waals surface area contributed by atoms with Gasteiger partial charge >= 0.3 is 6.03 Å². The van der Waals surface area contributed by atoms with E-state index in [1.807, 2.05) is 54.6 Å². The number of amides is 2. The van der Waals surface area contributed by atoms with Crippen LogP contribution in [0.3, 0.4) is 0 Å². The van der Waals surface area contributed by atoms with E-state index in [1.165, 1.54) is 0 Å². The summed E-state index contributed by atoms with van der Waals surface area (Å²) < 4.78 is 11.4. The van der Waals surface area contributed by atoms with Crippen LogP contribution >= 0.6 is 0 Å². The van der Waals surface area contributed by atoms with Gasteiger partial charge in [-0.15, -0.1) is 0 Å². The Bertz CT molecular complexity index is 720. The highest BCUT2D eigenvalue weighted by atomic mass is 16.5. The number of ether oxygens (including phenoxy) is 2. The van der Waals surface area contributed by atoms with Crippen molar-refractivity contribution in [2.45, 2.75) is 24.6 Å². The third-order valence-electron chi connectivity index (χ3n) is 4.54. The second kappa shape index (κ2) is 6.53. The van der Waals surface area contributed by atoms with Gasteiger partial charge in [0.2, 0.25) is 0 Å². The number of rotatable bonds is 3. The third kappa shape index (κ3) is 2.95. The van der Waals surface area contributed by atoms with E-state index < -0.39 is 0 Å². The van der Waals surface area contributed by atoms with E-state index in [9.17, 15) is 4.79 Å². The Hall–Kier alpha value is -2.53. The van der Waals surface area contributed by atoms with Crippen molar-refractivity contribution in [1.82, 2.24) is 10.6 Å². The first-order valence-corrected chi connectivity index (χ1v) is 8.26. The van der Waals surface area contributed by atoms with Crippen LogP contribution in [0.15, 0.2) is 54.6 Å². The van der Waals surface area contributed by atoms with Gasteiger partial charge in [-0.2, -0.15) is 0 Å². The standard InChI is InChI=1S/C19H20N2O3/c22-19(21-16-12-24-17-9-5-4-8-14(16)17)20-15-10-11-23-18(15)13-6-2-1-3-7-13/h1-9,15-16,18H,10-12H2,(H2,20,21,22)/t15-,16-,18+/m1/s1. The van der Waals surface area contributed by atoms with Crippen LogP contribution in [0.5, 0.6) is 5.75 Å². The van der Waals surface area contributed by atoms with Crippen molar-refractivity contribution in [3.05, 3.63) is 65.7 Å². The number of hydrogen-bond donors (Lipinski definition) is 2. The summed E-state index contributed by atoms with van der Waals surface area (Å²) in [5, 5.41) is 6.06. The van der Waals surface area contributed by atoms with Gasteiger partial charge in [0.1, 0.15) is 18.5 Å². The summed E-state index contributed by atoms with van der Waals surface area (Å²) >= 11 is 0. The zero-order valence-corrected chi connectivity index (χ0v) is 13.3. The third-order valence-corrected chi connectivity index (χ3v) is 4.54. The Morgan fingerprint density at radius 1 is 1.00 bits per heavy atom. The zero-order valence-electron chi connectivity index (χ0n) is 13.3. The first kappa shape index (κ1) is 15.0. The van der Waals surface area contributed by atoms with Crippen molar-refractivity contribution in [1.29, 1.82) is 0 Å². The smallest absolute Gasteiger partial charge is 0.315 e. The first-order chi connectivity index (χ1) is 11.8. The van der Waals surface area contributed by atoms with Gasteiger partial charge in [0, 0.05) is 12.2 Å². The summed E-state index contributed by atoms with van der Waals surface area (Å²) in [5.41, 5.74) is 2.12. The average molecular weight is 324 g/mol. The molecule has 24 heavy (non-hydrogen) atoms. The highest BCUT2D eigenvalue weighted by Crippen LogP contribution is 2.32. The monoisotopic (exact) mass is 324 g/mol. The molecule has 3 atom stereocenters. The normalized spacial score (nSPS) is 24.9. The lowest BCUT2D eigenvalue weighted by Gasteiger charge is -2.21. The molecule has 5 nitrogen and oxygen atoms in total. The SMILES string of the molecule is O=C(N[C@@H]1COc2ccccc21)N[C@@H]1CCO[C@H]1c1ccccc1. The van der Waals surface area contributed by atoms with Gasteiger partial charge in [-0.3, -0.25) is 0 Å². The second-order valence-corrected chi connectivity index (χ2v) is 6.12. The molecule has 0 unspecified atom stereocenters. The van der Waals surface area contributed by atoms with E-state index in [4.69, 9.17) is 9.47 Å². The van der Waals surface area contributed by atoms with Crippen LogP contribution < -0.4 is 15.4 Å². The number of para-hydroxylation sites is 1. The molecule has 0 radical (unpaired) electrons. The lowest BCUT2D eigenvalue weighted by Crippen LogP contribution is -2.44. The van der Waals surface area contributed by atoms with E-state index in [0.29, 0.717) is 13.2 Å². The van der Waals surface area contributed by atoms with Gasteiger partial charge < -0.3 is 20.1 Å². The molecule has 0 spiro atoms. The predicted molar refractivity (Wildman–Crippen MR) is 89.9 cm³/mol. The van der Waals surface area contributed by atoms with Crippen molar-refractivity contribution >= 4 is 6.03 Å². The highest BCUT2D eigenvalue weighted by Gasteiger charge is 2.32. The molecule has 0 aromatic heterocycles. The Morgan fingerprint density at radius 2 is 1.79 bits per heavy atom. The van der Waals surface area contributed by atoms with Crippen molar-refractivity contribution < 1.29 is 14.3 Å². The van der Waals surface area contributed by atoms with E-state index in [0.717, 1.165) is 23.3 Å². The maximum atomic E-state index is 12.4. The largest absolute Gasteiger partial charge is 0.491 e. The molecule has 124 valence electrons. The summed E-state index contributed by atoms with van der Waals surface area (Å²) in [4.78, 5) is 12.4. The number of benzene rings is 2. The fourth-order valence-corrected chi connectivity index (χ4v) is 3.36. The Balaban J connectivity index is 1.40. The molecule has 2 amide bonds. The van der Waals surface area contributed by atoms with Crippen molar-refractivity contribution in [3.63, 3.8) is 0 Å². The van der Waals surface area contributed by atoms with E-state index in [2.05, 4.69) is 10.6 Å². The number of carbonyl (C=O) groups excluding carboxylic acids is 1. The summed E-state index contributed by atoms with van der Waals surface area (Å²) in [6.45, 7) is 1.12. The van der Waals surface area contributed by atoms with E-state index >= 15 is 0 Å². The van der Waals surface area contributed by atoms with Crippen molar-refractivity contribution in [2.75, 3.05) is 13.2 Å². The molecule has 4 rings (SSSR count). The predicted octanol–water partition coefficient (Wildman–Crippen LogP) is 2.95.